The summed E-state index contributed by atoms with van der Waals surface area (Å²) in [4.78, 5) is 0. The quantitative estimate of drug-likeness (QED) is 0.244. The molecule has 8 heteroatoms. The van der Waals surface area contributed by atoms with E-state index in [1.165, 1.54) is 0 Å². The second-order valence-corrected chi connectivity index (χ2v) is 12.4. The van der Waals surface area contributed by atoms with Crippen LogP contribution in [0.4, 0.5) is 0 Å². The minimum absolute atomic E-state index is 0.0719. The van der Waals surface area contributed by atoms with Crippen molar-refractivity contribution in [3.05, 3.63) is 61.3 Å². The molecule has 2 aromatic rings. The van der Waals surface area contributed by atoms with Crippen LogP contribution in [0.1, 0.15) is 26.3 Å². The van der Waals surface area contributed by atoms with Crippen LogP contribution < -0.4 is 9.05 Å². The third-order valence-corrected chi connectivity index (χ3v) is 10.6. The maximum absolute atomic E-state index is 10.4. The van der Waals surface area contributed by atoms with Gasteiger partial charge in [-0.3, -0.25) is 0 Å². The topological polar surface area (TPSA) is 42.2 Å². The van der Waals surface area contributed by atoms with Crippen molar-refractivity contribution in [1.82, 2.24) is 0 Å². The molecule has 0 aromatic heterocycles. The Labute approximate surface area is 177 Å². The number of nitriles is 1. The van der Waals surface area contributed by atoms with Gasteiger partial charge in [-0.05, 0) is 0 Å². The molecule has 0 N–H and O–H groups in total. The Morgan fingerprint density at radius 2 is 1.33 bits per heavy atom. The average molecular weight is 461 g/mol. The Kier molecular flexibility index (Phi) is 4.05. The fourth-order valence-corrected chi connectivity index (χ4v) is 9.70. The SMILES string of the molecule is CC(C)(C)C1=C(c2ccccc2)P12(C#N)Oc1c(Cl)c(Cl)c(Cl)c(Cl)c1O2. The van der Waals surface area contributed by atoms with Gasteiger partial charge in [0, 0.05) is 0 Å². The fraction of sp³-hybridized carbons (Fsp3) is 0.211. The fourth-order valence-electron chi connectivity index (χ4n) is 3.67. The zero-order valence-electron chi connectivity index (χ0n) is 14.6. The number of hydrogen-bond donors (Lipinski definition) is 0. The Hall–Kier alpha value is -1.14. The summed E-state index contributed by atoms with van der Waals surface area (Å²) in [6, 6.07) is 9.58. The van der Waals surface area contributed by atoms with Gasteiger partial charge in [0.1, 0.15) is 0 Å². The first-order valence-electron chi connectivity index (χ1n) is 8.08. The van der Waals surface area contributed by atoms with Crippen LogP contribution in [-0.2, 0) is 0 Å². The molecule has 0 bridgehead atoms. The standard InChI is InChI=1S/C19H14Cl4NO2P/c1-19(2,3)18-17(10-7-5-4-6-8-10)27(18,9-24)25-15-13(22)11(20)12(21)14(23)16(15)26-27/h4-8H,1-3H3. The minimum atomic E-state index is -4.01. The molecule has 0 radical (unpaired) electrons. The van der Waals surface area contributed by atoms with Crippen molar-refractivity contribution in [2.24, 2.45) is 5.41 Å². The van der Waals surface area contributed by atoms with E-state index >= 15 is 0 Å². The van der Waals surface area contributed by atoms with E-state index in [0.29, 0.717) is 0 Å². The maximum atomic E-state index is 10.4. The number of hydrogen-bond acceptors (Lipinski definition) is 3. The number of allylic oxidation sites excluding steroid dienone is 1. The molecule has 2 aliphatic heterocycles. The molecule has 3 nitrogen and oxygen atoms in total. The molecule has 0 fully saturated rings. The average Bonchev–Trinajstić information content (AvgIpc) is 3.09. The van der Waals surface area contributed by atoms with Crippen molar-refractivity contribution in [3.8, 4) is 17.3 Å². The van der Waals surface area contributed by atoms with Crippen LogP contribution in [0.15, 0.2) is 35.6 Å². The summed E-state index contributed by atoms with van der Waals surface area (Å²) in [7, 11) is -4.01. The molecule has 0 unspecified atom stereocenters. The third-order valence-electron chi connectivity index (χ3n) is 4.64. The van der Waals surface area contributed by atoms with Crippen molar-refractivity contribution in [3.63, 3.8) is 0 Å². The summed E-state index contributed by atoms with van der Waals surface area (Å²) in [5.74, 6) is 2.72. The molecule has 140 valence electrons. The molecule has 0 saturated carbocycles. The molecule has 2 heterocycles. The van der Waals surface area contributed by atoms with Crippen LogP contribution in [0.3, 0.4) is 0 Å². The van der Waals surface area contributed by atoms with E-state index in [0.717, 1.165) is 16.2 Å². The van der Waals surface area contributed by atoms with E-state index < -0.39 is 7.06 Å². The van der Waals surface area contributed by atoms with Crippen molar-refractivity contribution < 1.29 is 9.05 Å². The van der Waals surface area contributed by atoms with Crippen molar-refractivity contribution in [2.45, 2.75) is 20.8 Å². The number of halogens is 4. The molecular weight excluding hydrogens is 447 g/mol. The van der Waals surface area contributed by atoms with Crippen LogP contribution in [0.2, 0.25) is 20.1 Å². The van der Waals surface area contributed by atoms with Gasteiger partial charge in [0.05, 0.1) is 0 Å². The molecule has 0 atom stereocenters. The normalized spacial score (nSPS) is 20.1. The number of benzene rings is 2. The van der Waals surface area contributed by atoms with Crippen molar-refractivity contribution >= 4 is 58.8 Å². The Morgan fingerprint density at radius 3 is 1.74 bits per heavy atom. The summed E-state index contributed by atoms with van der Waals surface area (Å²) >= 11 is 25.1. The second-order valence-electron chi connectivity index (χ2n) is 7.47. The predicted octanol–water partition coefficient (Wildman–Crippen LogP) is 8.36. The van der Waals surface area contributed by atoms with Gasteiger partial charge >= 0.3 is 178 Å². The summed E-state index contributed by atoms with van der Waals surface area (Å²) < 4.78 is 12.6. The van der Waals surface area contributed by atoms with Gasteiger partial charge in [-0.2, -0.15) is 0 Å². The van der Waals surface area contributed by atoms with Crippen LogP contribution >= 0.6 is 53.5 Å². The van der Waals surface area contributed by atoms with Gasteiger partial charge < -0.3 is 0 Å². The van der Waals surface area contributed by atoms with Gasteiger partial charge in [-0.15, -0.1) is 0 Å². The van der Waals surface area contributed by atoms with E-state index in [-0.39, 0.29) is 37.0 Å². The molecular formula is C19H14Cl4NO2P. The zero-order chi connectivity index (χ0) is 19.8. The third kappa shape index (κ3) is 2.32. The van der Waals surface area contributed by atoms with Crippen LogP contribution in [-0.4, -0.2) is 0 Å². The Morgan fingerprint density at radius 1 is 0.852 bits per heavy atom. The molecule has 2 aromatic carbocycles. The molecule has 2 aliphatic rings. The van der Waals surface area contributed by atoms with Gasteiger partial charge in [0.25, 0.3) is 0 Å². The van der Waals surface area contributed by atoms with Crippen LogP contribution in [0.5, 0.6) is 11.5 Å². The first-order valence-corrected chi connectivity index (χ1v) is 11.7. The molecule has 1 spiro atoms. The second kappa shape index (κ2) is 5.69. The van der Waals surface area contributed by atoms with E-state index in [2.05, 4.69) is 5.81 Å². The summed E-state index contributed by atoms with van der Waals surface area (Å²) in [5.41, 5.74) is 0.506. The monoisotopic (exact) mass is 459 g/mol. The van der Waals surface area contributed by atoms with E-state index in [4.69, 9.17) is 55.5 Å². The van der Waals surface area contributed by atoms with Gasteiger partial charge in [-0.1, -0.05) is 0 Å². The van der Waals surface area contributed by atoms with Gasteiger partial charge in [0.2, 0.25) is 0 Å². The van der Waals surface area contributed by atoms with Crippen LogP contribution in [0.25, 0.3) is 5.31 Å². The van der Waals surface area contributed by atoms with E-state index in [9.17, 15) is 5.26 Å². The van der Waals surface area contributed by atoms with Crippen molar-refractivity contribution in [2.75, 3.05) is 0 Å². The molecule has 0 amide bonds. The first kappa shape index (κ1) is 19.2. The summed E-state index contributed by atoms with van der Waals surface area (Å²) in [6.07, 6.45) is 0. The van der Waals surface area contributed by atoms with Crippen LogP contribution in [0, 0.1) is 16.5 Å². The number of rotatable bonds is 1. The summed E-state index contributed by atoms with van der Waals surface area (Å²) in [5, 5.41) is 12.3. The molecule has 0 saturated heterocycles. The van der Waals surface area contributed by atoms with Gasteiger partial charge in [0.15, 0.2) is 0 Å². The van der Waals surface area contributed by atoms with E-state index in [1.54, 1.807) is 0 Å². The Balaban J connectivity index is 1.99. The van der Waals surface area contributed by atoms with Gasteiger partial charge in [-0.25, -0.2) is 0 Å². The number of nitrogens with zero attached hydrogens (tertiary/aromatic N) is 1. The Bertz CT molecular complexity index is 1050. The zero-order valence-corrected chi connectivity index (χ0v) is 18.5. The molecule has 0 aliphatic carbocycles. The summed E-state index contributed by atoms with van der Waals surface area (Å²) in [6.45, 7) is 6.05. The molecule has 4 rings (SSSR count). The van der Waals surface area contributed by atoms with Crippen molar-refractivity contribution in [1.29, 1.82) is 5.26 Å². The molecule has 27 heavy (non-hydrogen) atoms. The number of fused-ring (bicyclic) bond motifs is 1. The first-order chi connectivity index (χ1) is 12.6. The predicted molar refractivity (Wildman–Crippen MR) is 113 cm³/mol. The van der Waals surface area contributed by atoms with E-state index in [1.807, 2.05) is 51.1 Å².